The van der Waals surface area contributed by atoms with Crippen molar-refractivity contribution in [2.75, 3.05) is 0 Å². The molecule has 0 aliphatic heterocycles. The van der Waals surface area contributed by atoms with Gasteiger partial charge in [-0.1, -0.05) is 63.4 Å². The molecule has 3 unspecified atom stereocenters. The lowest BCUT2D eigenvalue weighted by atomic mass is 9.99. The monoisotopic (exact) mass is 259 g/mol. The molecule has 1 aromatic rings. The molecule has 0 aromatic heterocycles. The van der Waals surface area contributed by atoms with E-state index >= 15 is 0 Å². The Morgan fingerprint density at radius 3 is 2.58 bits per heavy atom. The molecule has 106 valence electrons. The normalized spacial score (nSPS) is 24.5. The Kier molecular flexibility index (Phi) is 5.91. The maximum absolute atomic E-state index is 3.92. The average molecular weight is 259 g/mol. The van der Waals surface area contributed by atoms with Crippen LogP contribution in [-0.2, 0) is 0 Å². The Balaban J connectivity index is 1.93. The number of hydrogen-bond acceptors (Lipinski definition) is 1. The van der Waals surface area contributed by atoms with Crippen LogP contribution < -0.4 is 5.32 Å². The molecule has 1 aliphatic carbocycles. The molecule has 1 N–H and O–H groups in total. The van der Waals surface area contributed by atoms with Gasteiger partial charge in [-0.25, -0.2) is 0 Å². The lowest BCUT2D eigenvalue weighted by Gasteiger charge is -2.23. The predicted molar refractivity (Wildman–Crippen MR) is 83.3 cm³/mol. The van der Waals surface area contributed by atoms with Crippen LogP contribution in [0, 0.1) is 5.92 Å². The maximum atomic E-state index is 3.92. The molecule has 1 nitrogen and oxygen atoms in total. The van der Waals surface area contributed by atoms with Crippen LogP contribution >= 0.6 is 0 Å². The molecule has 3 atom stereocenters. The van der Waals surface area contributed by atoms with Gasteiger partial charge in [-0.15, -0.1) is 0 Å². The third-order valence-corrected chi connectivity index (χ3v) is 4.43. The number of hydrogen-bond donors (Lipinski definition) is 1. The lowest BCUT2D eigenvalue weighted by molar-refractivity contribution is 0.401. The number of nitrogens with one attached hydrogen (secondary N) is 1. The fourth-order valence-corrected chi connectivity index (χ4v) is 3.27. The second-order valence-corrected chi connectivity index (χ2v) is 6.24. The molecule has 0 saturated heterocycles. The fourth-order valence-electron chi connectivity index (χ4n) is 3.27. The van der Waals surface area contributed by atoms with Gasteiger partial charge in [0.2, 0.25) is 0 Å². The van der Waals surface area contributed by atoms with E-state index in [4.69, 9.17) is 0 Å². The fraction of sp³-hybridized carbons (Fsp3) is 0.667. The van der Waals surface area contributed by atoms with E-state index in [1.807, 2.05) is 0 Å². The number of unbranched alkanes of at least 4 members (excludes halogenated alkanes) is 2. The van der Waals surface area contributed by atoms with Crippen molar-refractivity contribution in [3.8, 4) is 0 Å². The van der Waals surface area contributed by atoms with Crippen LogP contribution in [0.5, 0.6) is 0 Å². The molecule has 1 saturated carbocycles. The summed E-state index contributed by atoms with van der Waals surface area (Å²) in [6, 6.07) is 12.3. The van der Waals surface area contributed by atoms with Crippen LogP contribution in [-0.4, -0.2) is 6.04 Å². The molecule has 2 rings (SSSR count). The SMILES string of the molecule is CCCCCC(NC1CCC(C)C1)c1ccccc1. The highest BCUT2D eigenvalue weighted by Crippen LogP contribution is 2.28. The summed E-state index contributed by atoms with van der Waals surface area (Å²) in [5.41, 5.74) is 1.47. The molecular weight excluding hydrogens is 230 g/mol. The first kappa shape index (κ1) is 14.6. The quantitative estimate of drug-likeness (QED) is 0.673. The summed E-state index contributed by atoms with van der Waals surface area (Å²) in [6.07, 6.45) is 9.39. The minimum absolute atomic E-state index is 0.558. The zero-order valence-corrected chi connectivity index (χ0v) is 12.6. The Hall–Kier alpha value is -0.820. The molecular formula is C18H29N. The van der Waals surface area contributed by atoms with Gasteiger partial charge in [-0.3, -0.25) is 0 Å². The van der Waals surface area contributed by atoms with E-state index in [0.29, 0.717) is 6.04 Å². The van der Waals surface area contributed by atoms with Gasteiger partial charge in [0, 0.05) is 12.1 Å². The van der Waals surface area contributed by atoms with Crippen LogP contribution in [0.25, 0.3) is 0 Å². The zero-order chi connectivity index (χ0) is 13.5. The van der Waals surface area contributed by atoms with Crippen molar-refractivity contribution in [3.05, 3.63) is 35.9 Å². The molecule has 1 aliphatic rings. The highest BCUT2D eigenvalue weighted by atomic mass is 15.0. The minimum Gasteiger partial charge on any atom is -0.307 e. The van der Waals surface area contributed by atoms with Gasteiger partial charge in [0.05, 0.1) is 0 Å². The van der Waals surface area contributed by atoms with E-state index in [2.05, 4.69) is 49.5 Å². The molecule has 19 heavy (non-hydrogen) atoms. The third kappa shape index (κ3) is 4.65. The Morgan fingerprint density at radius 1 is 1.16 bits per heavy atom. The van der Waals surface area contributed by atoms with E-state index in [1.165, 1.54) is 50.5 Å². The van der Waals surface area contributed by atoms with Crippen LogP contribution in [0.3, 0.4) is 0 Å². The molecule has 0 heterocycles. The smallest absolute Gasteiger partial charge is 0.0322 e. The van der Waals surface area contributed by atoms with Crippen LogP contribution in [0.15, 0.2) is 30.3 Å². The van der Waals surface area contributed by atoms with E-state index in [0.717, 1.165) is 12.0 Å². The average Bonchev–Trinajstić information content (AvgIpc) is 2.84. The lowest BCUT2D eigenvalue weighted by Crippen LogP contribution is -2.31. The van der Waals surface area contributed by atoms with Crippen LogP contribution in [0.2, 0.25) is 0 Å². The topological polar surface area (TPSA) is 12.0 Å². The van der Waals surface area contributed by atoms with Gasteiger partial charge in [-0.2, -0.15) is 0 Å². The number of benzene rings is 1. The summed E-state index contributed by atoms with van der Waals surface area (Å²) in [5, 5.41) is 3.92. The van der Waals surface area contributed by atoms with Gasteiger partial charge in [-0.05, 0) is 37.2 Å². The van der Waals surface area contributed by atoms with Gasteiger partial charge < -0.3 is 5.32 Å². The first-order valence-corrected chi connectivity index (χ1v) is 8.10. The molecule has 1 fully saturated rings. The van der Waals surface area contributed by atoms with E-state index in [1.54, 1.807) is 0 Å². The first-order valence-electron chi connectivity index (χ1n) is 8.10. The zero-order valence-electron chi connectivity index (χ0n) is 12.6. The molecule has 0 amide bonds. The largest absolute Gasteiger partial charge is 0.307 e. The van der Waals surface area contributed by atoms with Crippen molar-refractivity contribution in [1.82, 2.24) is 5.32 Å². The minimum atomic E-state index is 0.558. The summed E-state index contributed by atoms with van der Waals surface area (Å²) < 4.78 is 0. The standard InChI is InChI=1S/C18H29N/c1-3-4-6-11-18(16-9-7-5-8-10-16)19-17-13-12-15(2)14-17/h5,7-10,15,17-19H,3-4,6,11-14H2,1-2H3. The van der Waals surface area contributed by atoms with Crippen LogP contribution in [0.1, 0.15) is 70.4 Å². The van der Waals surface area contributed by atoms with Crippen LogP contribution in [0.4, 0.5) is 0 Å². The van der Waals surface area contributed by atoms with Crippen molar-refractivity contribution in [1.29, 1.82) is 0 Å². The molecule has 1 aromatic carbocycles. The van der Waals surface area contributed by atoms with Crippen molar-refractivity contribution in [2.45, 2.75) is 70.9 Å². The molecule has 0 spiro atoms. The van der Waals surface area contributed by atoms with Gasteiger partial charge >= 0.3 is 0 Å². The Morgan fingerprint density at radius 2 is 1.95 bits per heavy atom. The summed E-state index contributed by atoms with van der Waals surface area (Å²) in [5.74, 6) is 0.907. The molecule has 0 radical (unpaired) electrons. The summed E-state index contributed by atoms with van der Waals surface area (Å²) in [4.78, 5) is 0. The van der Waals surface area contributed by atoms with Gasteiger partial charge in [0.1, 0.15) is 0 Å². The van der Waals surface area contributed by atoms with Gasteiger partial charge in [0.15, 0.2) is 0 Å². The third-order valence-electron chi connectivity index (χ3n) is 4.43. The van der Waals surface area contributed by atoms with Crippen molar-refractivity contribution < 1.29 is 0 Å². The first-order chi connectivity index (χ1) is 9.29. The summed E-state index contributed by atoms with van der Waals surface area (Å²) in [7, 11) is 0. The molecule has 1 heteroatoms. The Bertz CT molecular complexity index is 346. The Labute approximate surface area is 118 Å². The van der Waals surface area contributed by atoms with Crippen molar-refractivity contribution in [3.63, 3.8) is 0 Å². The van der Waals surface area contributed by atoms with E-state index in [9.17, 15) is 0 Å². The summed E-state index contributed by atoms with van der Waals surface area (Å²) in [6.45, 7) is 4.67. The van der Waals surface area contributed by atoms with Crippen molar-refractivity contribution >= 4 is 0 Å². The van der Waals surface area contributed by atoms with Gasteiger partial charge in [0.25, 0.3) is 0 Å². The summed E-state index contributed by atoms with van der Waals surface area (Å²) >= 11 is 0. The number of rotatable bonds is 7. The second kappa shape index (κ2) is 7.69. The predicted octanol–water partition coefficient (Wildman–Crippen LogP) is 5.09. The molecule has 0 bridgehead atoms. The van der Waals surface area contributed by atoms with E-state index in [-0.39, 0.29) is 0 Å². The van der Waals surface area contributed by atoms with Crippen molar-refractivity contribution in [2.24, 2.45) is 5.92 Å². The maximum Gasteiger partial charge on any atom is 0.0322 e. The highest BCUT2D eigenvalue weighted by molar-refractivity contribution is 5.19. The van der Waals surface area contributed by atoms with E-state index < -0.39 is 0 Å². The second-order valence-electron chi connectivity index (χ2n) is 6.24. The highest BCUT2D eigenvalue weighted by Gasteiger charge is 2.24.